The summed E-state index contributed by atoms with van der Waals surface area (Å²) in [7, 11) is 1.63. The number of anilines is 1. The van der Waals surface area contributed by atoms with Gasteiger partial charge in [-0.1, -0.05) is 5.21 Å². The maximum Gasteiger partial charge on any atom is 0.225 e. The molecule has 0 spiro atoms. The minimum Gasteiger partial charge on any atom is -0.491 e. The minimum atomic E-state index is -0.248. The molecule has 1 aromatic carbocycles. The summed E-state index contributed by atoms with van der Waals surface area (Å²) in [5.74, 6) is 0.892. The second-order valence-electron chi connectivity index (χ2n) is 6.99. The van der Waals surface area contributed by atoms with Crippen molar-refractivity contribution in [2.45, 2.75) is 25.3 Å². The SMILES string of the molecule is COCCOc1ccc(-n2nnc3cnc(N[C@@H]4CC[C@@H](C(N)=O)C4)nc32)cc1. The number of fused-ring (bicyclic) bond motifs is 1. The lowest BCUT2D eigenvalue weighted by atomic mass is 10.1. The number of primary amides is 1. The molecule has 10 heteroatoms. The highest BCUT2D eigenvalue weighted by molar-refractivity contribution is 5.77. The van der Waals surface area contributed by atoms with Crippen molar-refractivity contribution in [2.75, 3.05) is 25.6 Å². The molecule has 2 aromatic heterocycles. The number of rotatable bonds is 8. The van der Waals surface area contributed by atoms with Gasteiger partial charge in [0.2, 0.25) is 11.9 Å². The standard InChI is InChI=1S/C19H23N7O3/c1-28-8-9-29-15-6-4-14(5-7-15)26-18-16(24-25-26)11-21-19(23-18)22-13-3-2-12(10-13)17(20)27/h4-7,11-13H,2-3,8-10H2,1H3,(H2,20,27)(H,21,22,23)/t12-,13-/m1/s1. The monoisotopic (exact) mass is 397 g/mol. The maximum atomic E-state index is 11.4. The zero-order chi connectivity index (χ0) is 20.2. The highest BCUT2D eigenvalue weighted by atomic mass is 16.5. The second kappa shape index (κ2) is 8.39. The third-order valence-electron chi connectivity index (χ3n) is 5.00. The third kappa shape index (κ3) is 4.27. The molecule has 1 aliphatic carbocycles. The first-order valence-electron chi connectivity index (χ1n) is 9.50. The topological polar surface area (TPSA) is 130 Å². The fraction of sp³-hybridized carbons (Fsp3) is 0.421. The van der Waals surface area contributed by atoms with E-state index >= 15 is 0 Å². The molecule has 1 amide bonds. The van der Waals surface area contributed by atoms with E-state index in [4.69, 9.17) is 15.2 Å². The van der Waals surface area contributed by atoms with Crippen LogP contribution in [0.4, 0.5) is 5.95 Å². The van der Waals surface area contributed by atoms with Gasteiger partial charge in [0.05, 0.1) is 18.5 Å². The van der Waals surface area contributed by atoms with Gasteiger partial charge in [0.15, 0.2) is 11.2 Å². The third-order valence-corrected chi connectivity index (χ3v) is 5.00. The summed E-state index contributed by atoms with van der Waals surface area (Å²) >= 11 is 0. The van der Waals surface area contributed by atoms with Crippen LogP contribution in [0.2, 0.25) is 0 Å². The number of hydrogen-bond acceptors (Lipinski definition) is 8. The van der Waals surface area contributed by atoms with Crippen molar-refractivity contribution in [1.82, 2.24) is 25.0 Å². The molecule has 0 radical (unpaired) electrons. The summed E-state index contributed by atoms with van der Waals surface area (Å²) in [5.41, 5.74) is 7.41. The average molecular weight is 397 g/mol. The van der Waals surface area contributed by atoms with Crippen molar-refractivity contribution in [2.24, 2.45) is 11.7 Å². The predicted molar refractivity (Wildman–Crippen MR) is 106 cm³/mol. The largest absolute Gasteiger partial charge is 0.491 e. The number of carbonyl (C=O) groups is 1. The van der Waals surface area contributed by atoms with E-state index in [0.29, 0.717) is 36.7 Å². The summed E-state index contributed by atoms with van der Waals surface area (Å²) in [6.45, 7) is 1.02. The molecule has 1 aliphatic rings. The van der Waals surface area contributed by atoms with Crippen LogP contribution in [0, 0.1) is 5.92 Å². The van der Waals surface area contributed by atoms with E-state index in [1.54, 1.807) is 18.0 Å². The number of aromatic nitrogens is 5. The van der Waals surface area contributed by atoms with Gasteiger partial charge in [-0.15, -0.1) is 5.10 Å². The Balaban J connectivity index is 1.51. The van der Waals surface area contributed by atoms with Crippen molar-refractivity contribution in [1.29, 1.82) is 0 Å². The van der Waals surface area contributed by atoms with Gasteiger partial charge < -0.3 is 20.5 Å². The number of nitrogens with two attached hydrogens (primary N) is 1. The quantitative estimate of drug-likeness (QED) is 0.544. The van der Waals surface area contributed by atoms with E-state index in [1.165, 1.54) is 0 Å². The van der Waals surface area contributed by atoms with Crippen LogP contribution in [0.3, 0.4) is 0 Å². The lowest BCUT2D eigenvalue weighted by molar-refractivity contribution is -0.121. The van der Waals surface area contributed by atoms with Crippen LogP contribution < -0.4 is 15.8 Å². The highest BCUT2D eigenvalue weighted by Crippen LogP contribution is 2.27. The van der Waals surface area contributed by atoms with Gasteiger partial charge in [-0.05, 0) is 43.5 Å². The van der Waals surface area contributed by atoms with Gasteiger partial charge >= 0.3 is 0 Å². The Morgan fingerprint density at radius 1 is 1.28 bits per heavy atom. The van der Waals surface area contributed by atoms with E-state index in [-0.39, 0.29) is 17.9 Å². The van der Waals surface area contributed by atoms with E-state index in [1.807, 2.05) is 24.3 Å². The summed E-state index contributed by atoms with van der Waals surface area (Å²) in [6, 6.07) is 7.63. The summed E-state index contributed by atoms with van der Waals surface area (Å²) in [6.07, 6.45) is 3.97. The molecule has 0 unspecified atom stereocenters. The van der Waals surface area contributed by atoms with Crippen molar-refractivity contribution < 1.29 is 14.3 Å². The molecule has 2 heterocycles. The zero-order valence-corrected chi connectivity index (χ0v) is 16.1. The molecular weight excluding hydrogens is 374 g/mol. The Hall–Kier alpha value is -3.27. The smallest absolute Gasteiger partial charge is 0.225 e. The Morgan fingerprint density at radius 3 is 2.83 bits per heavy atom. The number of nitrogens with one attached hydrogen (secondary N) is 1. The highest BCUT2D eigenvalue weighted by Gasteiger charge is 2.28. The molecular formula is C19H23N7O3. The van der Waals surface area contributed by atoms with Crippen molar-refractivity contribution in [3.8, 4) is 11.4 Å². The predicted octanol–water partition coefficient (Wildman–Crippen LogP) is 1.30. The van der Waals surface area contributed by atoms with Crippen LogP contribution in [0.5, 0.6) is 5.75 Å². The normalized spacial score (nSPS) is 18.8. The van der Waals surface area contributed by atoms with Crippen molar-refractivity contribution >= 4 is 23.0 Å². The van der Waals surface area contributed by atoms with Gasteiger partial charge in [-0.25, -0.2) is 4.98 Å². The minimum absolute atomic E-state index is 0.0898. The van der Waals surface area contributed by atoms with E-state index in [9.17, 15) is 4.79 Å². The van der Waals surface area contributed by atoms with Crippen LogP contribution >= 0.6 is 0 Å². The van der Waals surface area contributed by atoms with E-state index in [2.05, 4.69) is 25.6 Å². The van der Waals surface area contributed by atoms with Crippen molar-refractivity contribution in [3.05, 3.63) is 30.5 Å². The first-order chi connectivity index (χ1) is 14.1. The Kier molecular flexibility index (Phi) is 5.52. The molecule has 1 saturated carbocycles. The molecule has 10 nitrogen and oxygen atoms in total. The van der Waals surface area contributed by atoms with Gasteiger partial charge in [-0.3, -0.25) is 4.79 Å². The zero-order valence-electron chi connectivity index (χ0n) is 16.1. The molecule has 3 N–H and O–H groups in total. The van der Waals surface area contributed by atoms with Crippen LogP contribution in [-0.4, -0.2) is 57.2 Å². The van der Waals surface area contributed by atoms with Gasteiger partial charge in [0.25, 0.3) is 0 Å². The summed E-state index contributed by atoms with van der Waals surface area (Å²) < 4.78 is 12.2. The number of methoxy groups -OCH3 is 1. The van der Waals surface area contributed by atoms with Gasteiger partial charge in [0.1, 0.15) is 12.4 Å². The lowest BCUT2D eigenvalue weighted by Crippen LogP contribution is -2.23. The molecule has 0 saturated heterocycles. The Labute approximate surface area is 167 Å². The maximum absolute atomic E-state index is 11.4. The van der Waals surface area contributed by atoms with Crippen LogP contribution in [0.1, 0.15) is 19.3 Å². The summed E-state index contributed by atoms with van der Waals surface area (Å²) in [4.78, 5) is 20.3. The summed E-state index contributed by atoms with van der Waals surface area (Å²) in [5, 5.41) is 11.6. The molecule has 3 aromatic rings. The number of ether oxygens (including phenoxy) is 2. The number of carbonyl (C=O) groups excluding carboxylic acids is 1. The fourth-order valence-corrected chi connectivity index (χ4v) is 3.45. The number of hydrogen-bond donors (Lipinski definition) is 2. The van der Waals surface area contributed by atoms with Crippen LogP contribution in [0.15, 0.2) is 30.5 Å². The molecule has 2 atom stereocenters. The molecule has 1 fully saturated rings. The van der Waals surface area contributed by atoms with Gasteiger partial charge in [-0.2, -0.15) is 9.67 Å². The fourth-order valence-electron chi connectivity index (χ4n) is 3.45. The number of nitrogens with zero attached hydrogens (tertiary/aromatic N) is 5. The molecule has 0 aliphatic heterocycles. The lowest BCUT2D eigenvalue weighted by Gasteiger charge is -2.12. The second-order valence-corrected chi connectivity index (χ2v) is 6.99. The molecule has 152 valence electrons. The first kappa shape index (κ1) is 19.1. The number of benzene rings is 1. The first-order valence-corrected chi connectivity index (χ1v) is 9.50. The molecule has 0 bridgehead atoms. The van der Waals surface area contributed by atoms with E-state index in [0.717, 1.165) is 24.3 Å². The molecule has 4 rings (SSSR count). The van der Waals surface area contributed by atoms with E-state index < -0.39 is 0 Å². The number of amides is 1. The Bertz CT molecular complexity index is 989. The molecule has 29 heavy (non-hydrogen) atoms. The Morgan fingerprint density at radius 2 is 2.10 bits per heavy atom. The van der Waals surface area contributed by atoms with Crippen LogP contribution in [-0.2, 0) is 9.53 Å². The van der Waals surface area contributed by atoms with Crippen molar-refractivity contribution in [3.63, 3.8) is 0 Å². The van der Waals surface area contributed by atoms with Crippen LogP contribution in [0.25, 0.3) is 16.9 Å². The average Bonchev–Trinajstić information content (AvgIpc) is 3.36. The van der Waals surface area contributed by atoms with Gasteiger partial charge in [0, 0.05) is 19.1 Å².